The molecule has 2 saturated heterocycles. The Morgan fingerprint density at radius 3 is 2.40 bits per heavy atom. The van der Waals surface area contributed by atoms with Crippen molar-refractivity contribution in [2.45, 2.75) is 81.6 Å². The molecule has 5 atom stereocenters. The van der Waals surface area contributed by atoms with Gasteiger partial charge in [0.15, 0.2) is 5.96 Å². The fourth-order valence-electron chi connectivity index (χ4n) is 6.42. The lowest BCUT2D eigenvalue weighted by molar-refractivity contribution is -0.143. The first-order valence-electron chi connectivity index (χ1n) is 18.4. The number of benzene rings is 1. The van der Waals surface area contributed by atoms with Crippen LogP contribution >= 0.6 is 21.6 Å². The maximum atomic E-state index is 14.3. The van der Waals surface area contributed by atoms with Crippen LogP contribution < -0.4 is 43.4 Å². The number of H-pyrrole nitrogens is 1. The number of aromatic nitrogens is 1. The highest BCUT2D eigenvalue weighted by molar-refractivity contribution is 8.76. The number of nitrogens with one attached hydrogen (secondary N) is 8. The number of carbonyl (C=O) groups is 8. The number of primary amides is 1. The molecule has 0 spiro atoms. The van der Waals surface area contributed by atoms with Crippen molar-refractivity contribution in [2.75, 3.05) is 31.1 Å². The number of rotatable bonds is 10. The molecule has 5 unspecified atom stereocenters. The Kier molecular flexibility index (Phi) is 16.8. The predicted molar refractivity (Wildman–Crippen MR) is 212 cm³/mol. The van der Waals surface area contributed by atoms with Crippen molar-refractivity contribution in [3.8, 4) is 0 Å². The fourth-order valence-corrected chi connectivity index (χ4v) is 8.59. The van der Waals surface area contributed by atoms with Gasteiger partial charge in [-0.05, 0) is 43.7 Å². The molecule has 0 aliphatic carbocycles. The van der Waals surface area contributed by atoms with E-state index in [0.717, 1.165) is 10.9 Å². The van der Waals surface area contributed by atoms with Crippen molar-refractivity contribution in [2.24, 2.45) is 11.5 Å². The van der Waals surface area contributed by atoms with Crippen molar-refractivity contribution in [3.63, 3.8) is 0 Å². The number of aliphatic carboxylic acids is 1. The number of unbranched alkanes of at least 4 members (excludes halogenated alkanes) is 1. The van der Waals surface area contributed by atoms with E-state index in [9.17, 15) is 43.5 Å². The Hall–Kier alpha value is -5.51. The van der Waals surface area contributed by atoms with Crippen molar-refractivity contribution < 1.29 is 43.5 Å². The van der Waals surface area contributed by atoms with Gasteiger partial charge in [0.05, 0.1) is 13.0 Å². The van der Waals surface area contributed by atoms with Gasteiger partial charge in [-0.15, -0.1) is 0 Å². The predicted octanol–water partition coefficient (Wildman–Crippen LogP) is -1.84. The lowest BCUT2D eigenvalue weighted by Gasteiger charge is -2.30. The summed E-state index contributed by atoms with van der Waals surface area (Å²) in [5, 5.41) is 33.0. The number of aromatic amines is 1. The second kappa shape index (κ2) is 21.7. The minimum Gasteiger partial charge on any atom is -0.481 e. The van der Waals surface area contributed by atoms with Gasteiger partial charge in [-0.25, -0.2) is 0 Å². The molecule has 2 aromatic rings. The van der Waals surface area contributed by atoms with Crippen LogP contribution in [0.5, 0.6) is 0 Å². The molecule has 0 saturated carbocycles. The number of guanidine groups is 1. The van der Waals surface area contributed by atoms with E-state index in [-0.39, 0.29) is 49.7 Å². The lowest BCUT2D eigenvalue weighted by atomic mass is 10.0. The van der Waals surface area contributed by atoms with Crippen LogP contribution in [0.15, 0.2) is 30.5 Å². The van der Waals surface area contributed by atoms with E-state index < -0.39 is 90.5 Å². The molecule has 7 amide bonds. The molecule has 1 aromatic carbocycles. The van der Waals surface area contributed by atoms with Gasteiger partial charge < -0.3 is 58.4 Å². The topological polar surface area (TPSA) is 324 Å². The molecule has 13 N–H and O–H groups in total. The normalized spacial score (nSPS) is 23.6. The number of fused-ring (bicyclic) bond motifs is 2. The molecule has 4 rings (SSSR count). The smallest absolute Gasteiger partial charge is 0.305 e. The summed E-state index contributed by atoms with van der Waals surface area (Å²) in [6, 6.07) is 1.06. The Balaban J connectivity index is 1.61. The largest absolute Gasteiger partial charge is 0.481 e. The Labute approximate surface area is 335 Å². The van der Waals surface area contributed by atoms with Gasteiger partial charge in [-0.1, -0.05) is 39.8 Å². The summed E-state index contributed by atoms with van der Waals surface area (Å²) < 4.78 is 0. The Bertz CT molecular complexity index is 1830. The molecule has 2 aliphatic heterocycles. The molecule has 22 heteroatoms. The summed E-state index contributed by atoms with van der Waals surface area (Å²) in [5.41, 5.74) is 12.3. The third kappa shape index (κ3) is 13.6. The summed E-state index contributed by atoms with van der Waals surface area (Å²) in [4.78, 5) is 110. The van der Waals surface area contributed by atoms with Gasteiger partial charge in [0.25, 0.3) is 0 Å². The fraction of sp³-hybridized carbons (Fsp3) is 0.514. The minimum atomic E-state index is -1.68. The van der Waals surface area contributed by atoms with Gasteiger partial charge in [-0.3, -0.25) is 43.8 Å². The second-order valence-electron chi connectivity index (χ2n) is 13.5. The summed E-state index contributed by atoms with van der Waals surface area (Å²) in [5.74, 6) is -6.49. The van der Waals surface area contributed by atoms with Crippen molar-refractivity contribution in [1.82, 2.24) is 41.8 Å². The molecule has 1 aromatic heterocycles. The maximum Gasteiger partial charge on any atom is 0.305 e. The van der Waals surface area contributed by atoms with Gasteiger partial charge >= 0.3 is 5.97 Å². The lowest BCUT2D eigenvalue weighted by Crippen LogP contribution is -2.59. The molecular weight excluding hydrogens is 783 g/mol. The van der Waals surface area contributed by atoms with E-state index in [1.54, 1.807) is 12.3 Å². The van der Waals surface area contributed by atoms with Crippen LogP contribution in [-0.4, -0.2) is 130 Å². The van der Waals surface area contributed by atoms with Crippen molar-refractivity contribution in [3.05, 3.63) is 36.0 Å². The highest BCUT2D eigenvalue weighted by atomic mass is 33.1. The van der Waals surface area contributed by atoms with E-state index in [1.807, 2.05) is 18.2 Å². The van der Waals surface area contributed by atoms with E-state index in [4.69, 9.17) is 16.9 Å². The highest BCUT2D eigenvalue weighted by Gasteiger charge is 2.40. The molecule has 0 bridgehead atoms. The molecular formula is C35H49N11O9S2. The number of para-hydroxylation sites is 1. The third-order valence-corrected chi connectivity index (χ3v) is 11.7. The second-order valence-corrected chi connectivity index (χ2v) is 16.2. The molecule has 310 valence electrons. The molecule has 2 fully saturated rings. The first kappa shape index (κ1) is 44.2. The first-order valence-corrected chi connectivity index (χ1v) is 20.9. The monoisotopic (exact) mass is 831 g/mol. The number of carboxylic acids is 1. The van der Waals surface area contributed by atoms with Crippen molar-refractivity contribution in [1.29, 1.82) is 5.41 Å². The summed E-state index contributed by atoms with van der Waals surface area (Å²) >= 11 is 0. The number of carboxylic acid groups (broad SMARTS) is 1. The van der Waals surface area contributed by atoms with Crippen LogP contribution in [0.3, 0.4) is 0 Å². The van der Waals surface area contributed by atoms with E-state index >= 15 is 0 Å². The quantitative estimate of drug-likeness (QED) is 0.0543. The van der Waals surface area contributed by atoms with Crippen LogP contribution in [0.4, 0.5) is 0 Å². The number of nitrogens with two attached hydrogens (primary N) is 2. The third-order valence-electron chi connectivity index (χ3n) is 9.28. The zero-order valence-corrected chi connectivity index (χ0v) is 32.7. The van der Waals surface area contributed by atoms with Crippen LogP contribution in [0.2, 0.25) is 0 Å². The molecule has 57 heavy (non-hydrogen) atoms. The average molecular weight is 832 g/mol. The van der Waals surface area contributed by atoms with Crippen LogP contribution in [0, 0.1) is 5.41 Å². The average Bonchev–Trinajstić information content (AvgIpc) is 3.82. The number of nitrogens with zero attached hydrogens (tertiary/aromatic N) is 1. The maximum absolute atomic E-state index is 14.3. The molecule has 3 heterocycles. The molecule has 20 nitrogen and oxygen atoms in total. The van der Waals surface area contributed by atoms with Crippen LogP contribution in [0.25, 0.3) is 10.9 Å². The summed E-state index contributed by atoms with van der Waals surface area (Å²) in [6.45, 7) is -0.173. The Morgan fingerprint density at radius 1 is 0.912 bits per heavy atom. The molecule has 0 radical (unpaired) electrons. The van der Waals surface area contributed by atoms with E-state index in [1.165, 1.54) is 26.5 Å². The van der Waals surface area contributed by atoms with Gasteiger partial charge in [-0.2, -0.15) is 0 Å². The van der Waals surface area contributed by atoms with Crippen LogP contribution in [0.1, 0.15) is 50.5 Å². The zero-order valence-electron chi connectivity index (χ0n) is 31.1. The standard InChI is InChI=1S/C35H49N11O9S2/c36-30(51)25-18-57-56-13-10-27(47)42-22(8-3-4-11-39-35(37)38)31(52)41-17-28(48)43-23(15-29(49)50)32(53)44-24(14-19-16-40-21-7-2-1-6-20(19)21)34(55)46-12-5-9-26(46)33(54)45-25/h1-2,6-7,16,22-26,40H,3-5,8-15,17-18H2,(H2,36,51)(H,41,52)(H,42,47)(H,43,48)(H,44,53)(H,45,54)(H,49,50)(H4,37,38,39). The van der Waals surface area contributed by atoms with Gasteiger partial charge in [0.1, 0.15) is 30.2 Å². The SMILES string of the molecule is N=C(N)NCCCCC1NC(=O)CCSSCC(C(N)=O)NC(=O)C2CCCN2C(=O)C(Cc2c[nH]c3ccccc23)NC(=O)C(CC(=O)O)NC(=O)CNC1=O. The van der Waals surface area contributed by atoms with Gasteiger partial charge in [0, 0.05) is 54.5 Å². The van der Waals surface area contributed by atoms with E-state index in [2.05, 4.69) is 36.9 Å². The number of carbonyl (C=O) groups excluding carboxylic acids is 7. The minimum absolute atomic E-state index is 0.0216. The van der Waals surface area contributed by atoms with E-state index in [0.29, 0.717) is 31.4 Å². The summed E-state index contributed by atoms with van der Waals surface area (Å²) in [6.07, 6.45) is 2.49. The number of hydrogen-bond donors (Lipinski definition) is 11. The first-order chi connectivity index (χ1) is 27.2. The van der Waals surface area contributed by atoms with Crippen molar-refractivity contribution >= 4 is 85.8 Å². The zero-order chi connectivity index (χ0) is 41.5. The number of amides is 7. The number of hydrogen-bond acceptors (Lipinski definition) is 11. The summed E-state index contributed by atoms with van der Waals surface area (Å²) in [7, 11) is 2.44. The highest BCUT2D eigenvalue weighted by Crippen LogP contribution is 2.25. The van der Waals surface area contributed by atoms with Crippen LogP contribution in [-0.2, 0) is 44.8 Å². The molecule has 2 aliphatic rings. The van der Waals surface area contributed by atoms with Gasteiger partial charge in [0.2, 0.25) is 41.4 Å². The Morgan fingerprint density at radius 2 is 1.67 bits per heavy atom.